The van der Waals surface area contributed by atoms with Crippen molar-refractivity contribution < 1.29 is 14.6 Å². The molecule has 5 nitrogen and oxygen atoms in total. The average Bonchev–Trinajstić information content (AvgIpc) is 2.90. The second-order valence-corrected chi connectivity index (χ2v) is 9.08. The molecule has 35 heavy (non-hydrogen) atoms. The molecule has 4 aromatic carbocycles. The lowest BCUT2D eigenvalue weighted by Gasteiger charge is -2.37. The summed E-state index contributed by atoms with van der Waals surface area (Å²) in [5, 5.41) is 15.2. The van der Waals surface area contributed by atoms with E-state index in [9.17, 15) is 4.79 Å². The topological polar surface area (TPSA) is 61.8 Å². The van der Waals surface area contributed by atoms with Crippen LogP contribution in [-0.4, -0.2) is 30.3 Å². The number of anilines is 2. The van der Waals surface area contributed by atoms with Gasteiger partial charge < -0.3 is 20.1 Å². The summed E-state index contributed by atoms with van der Waals surface area (Å²) in [6.45, 7) is 3.64. The SMILES string of the molecule is CC(NCC1CN(c2ccc(CCC(=O)O)cc2)c2ccccc2O1)c1cccc2ccccc12. The van der Waals surface area contributed by atoms with Crippen LogP contribution >= 0.6 is 0 Å². The van der Waals surface area contributed by atoms with Crippen LogP contribution in [0.5, 0.6) is 5.75 Å². The van der Waals surface area contributed by atoms with Crippen LogP contribution in [0.1, 0.15) is 30.5 Å². The summed E-state index contributed by atoms with van der Waals surface area (Å²) in [5.41, 5.74) is 4.43. The van der Waals surface area contributed by atoms with Gasteiger partial charge in [0.1, 0.15) is 11.9 Å². The summed E-state index contributed by atoms with van der Waals surface area (Å²) in [7, 11) is 0. The number of carbonyl (C=O) groups is 1. The second-order valence-electron chi connectivity index (χ2n) is 9.08. The van der Waals surface area contributed by atoms with Crippen molar-refractivity contribution in [2.75, 3.05) is 18.0 Å². The molecule has 0 fully saturated rings. The number of hydrogen-bond donors (Lipinski definition) is 2. The molecular weight excluding hydrogens is 436 g/mol. The predicted molar refractivity (Wildman–Crippen MR) is 141 cm³/mol. The monoisotopic (exact) mass is 466 g/mol. The van der Waals surface area contributed by atoms with Crippen molar-refractivity contribution >= 4 is 28.1 Å². The van der Waals surface area contributed by atoms with Crippen molar-refractivity contribution in [3.8, 4) is 5.75 Å². The van der Waals surface area contributed by atoms with Crippen LogP contribution in [-0.2, 0) is 11.2 Å². The molecule has 0 radical (unpaired) electrons. The molecule has 4 aromatic rings. The van der Waals surface area contributed by atoms with E-state index < -0.39 is 5.97 Å². The Labute approximate surface area is 206 Å². The smallest absolute Gasteiger partial charge is 0.303 e. The van der Waals surface area contributed by atoms with E-state index in [1.54, 1.807) is 0 Å². The number of aryl methyl sites for hydroxylation is 1. The highest BCUT2D eigenvalue weighted by atomic mass is 16.5. The lowest BCUT2D eigenvalue weighted by atomic mass is 9.99. The molecule has 0 saturated carbocycles. The van der Waals surface area contributed by atoms with E-state index in [0.717, 1.165) is 29.2 Å². The molecule has 2 N–H and O–H groups in total. The Kier molecular flexibility index (Phi) is 6.68. The van der Waals surface area contributed by atoms with Gasteiger partial charge in [0.2, 0.25) is 0 Å². The third-order valence-corrected chi connectivity index (χ3v) is 6.65. The zero-order chi connectivity index (χ0) is 24.2. The quantitative estimate of drug-likeness (QED) is 0.328. The summed E-state index contributed by atoms with van der Waals surface area (Å²) >= 11 is 0. The zero-order valence-corrected chi connectivity index (χ0v) is 19.9. The highest BCUT2D eigenvalue weighted by Gasteiger charge is 2.27. The molecule has 0 aliphatic carbocycles. The number of ether oxygens (including phenoxy) is 1. The molecule has 2 atom stereocenters. The standard InChI is InChI=1S/C30H30N2O3/c1-21(26-10-6-8-23-7-2-3-9-27(23)26)31-19-25-20-32(28-11-4-5-12-29(28)35-25)24-16-13-22(14-17-24)15-18-30(33)34/h2-14,16-17,21,25,31H,15,18-20H2,1H3,(H,33,34). The second kappa shape index (κ2) is 10.2. The van der Waals surface area contributed by atoms with E-state index in [1.165, 1.54) is 16.3 Å². The van der Waals surface area contributed by atoms with Gasteiger partial charge in [-0.1, -0.05) is 66.7 Å². The lowest BCUT2D eigenvalue weighted by Crippen LogP contribution is -2.44. The number of rotatable bonds is 8. The predicted octanol–water partition coefficient (Wildman–Crippen LogP) is 6.11. The number of benzene rings is 4. The number of aliphatic carboxylic acids is 1. The highest BCUT2D eigenvalue weighted by Crippen LogP contribution is 2.38. The Morgan fingerprint density at radius 3 is 2.57 bits per heavy atom. The van der Waals surface area contributed by atoms with E-state index in [-0.39, 0.29) is 18.6 Å². The molecule has 0 spiro atoms. The van der Waals surface area contributed by atoms with E-state index in [1.807, 2.05) is 30.3 Å². The summed E-state index contributed by atoms with van der Waals surface area (Å²) < 4.78 is 6.38. The first-order chi connectivity index (χ1) is 17.1. The van der Waals surface area contributed by atoms with Crippen LogP contribution < -0.4 is 15.0 Å². The molecule has 0 aromatic heterocycles. The Balaban J connectivity index is 1.32. The Bertz CT molecular complexity index is 1310. The van der Waals surface area contributed by atoms with Crippen LogP contribution in [0.25, 0.3) is 10.8 Å². The maximum atomic E-state index is 10.9. The van der Waals surface area contributed by atoms with Crippen molar-refractivity contribution in [3.63, 3.8) is 0 Å². The fourth-order valence-electron chi connectivity index (χ4n) is 4.79. The van der Waals surface area contributed by atoms with Gasteiger partial charge in [-0.2, -0.15) is 0 Å². The third kappa shape index (κ3) is 5.15. The van der Waals surface area contributed by atoms with Crippen molar-refractivity contribution in [3.05, 3.63) is 102 Å². The van der Waals surface area contributed by atoms with Crippen LogP contribution in [0.15, 0.2) is 91.0 Å². The van der Waals surface area contributed by atoms with Gasteiger partial charge in [0.25, 0.3) is 0 Å². The number of carboxylic acids is 1. The maximum Gasteiger partial charge on any atom is 0.303 e. The largest absolute Gasteiger partial charge is 0.485 e. The molecule has 178 valence electrons. The Hall–Kier alpha value is -3.83. The van der Waals surface area contributed by atoms with Gasteiger partial charge in [0.15, 0.2) is 0 Å². The van der Waals surface area contributed by atoms with E-state index in [4.69, 9.17) is 9.84 Å². The minimum Gasteiger partial charge on any atom is -0.485 e. The van der Waals surface area contributed by atoms with Crippen LogP contribution in [0.3, 0.4) is 0 Å². The van der Waals surface area contributed by atoms with Gasteiger partial charge in [-0.3, -0.25) is 4.79 Å². The van der Waals surface area contributed by atoms with Crippen molar-refractivity contribution in [1.82, 2.24) is 5.32 Å². The van der Waals surface area contributed by atoms with Gasteiger partial charge in [0, 0.05) is 24.7 Å². The molecule has 1 aliphatic rings. The molecule has 1 aliphatic heterocycles. The van der Waals surface area contributed by atoms with Crippen LogP contribution in [0.2, 0.25) is 0 Å². The Morgan fingerprint density at radius 2 is 1.74 bits per heavy atom. The van der Waals surface area contributed by atoms with Gasteiger partial charge >= 0.3 is 5.97 Å². The number of para-hydroxylation sites is 2. The molecule has 0 saturated heterocycles. The van der Waals surface area contributed by atoms with Gasteiger partial charge in [-0.15, -0.1) is 0 Å². The fraction of sp³-hybridized carbons (Fsp3) is 0.233. The summed E-state index contributed by atoms with van der Waals surface area (Å²) in [6, 6.07) is 31.4. The normalized spacial score (nSPS) is 15.9. The minimum absolute atomic E-state index is 0.0194. The zero-order valence-electron chi connectivity index (χ0n) is 19.9. The number of hydrogen-bond acceptors (Lipinski definition) is 4. The molecule has 0 bridgehead atoms. The molecule has 5 heteroatoms. The van der Waals surface area contributed by atoms with Gasteiger partial charge in [-0.25, -0.2) is 0 Å². The first kappa shape index (κ1) is 22.9. The van der Waals surface area contributed by atoms with E-state index >= 15 is 0 Å². The van der Waals surface area contributed by atoms with Gasteiger partial charge in [0.05, 0.1) is 12.2 Å². The molecule has 1 heterocycles. The van der Waals surface area contributed by atoms with Crippen molar-refractivity contribution in [2.45, 2.75) is 31.9 Å². The number of carboxylic acid groups (broad SMARTS) is 1. The molecule has 2 unspecified atom stereocenters. The van der Waals surface area contributed by atoms with E-state index in [0.29, 0.717) is 13.0 Å². The first-order valence-electron chi connectivity index (χ1n) is 12.1. The van der Waals surface area contributed by atoms with Crippen molar-refractivity contribution in [1.29, 1.82) is 0 Å². The first-order valence-corrected chi connectivity index (χ1v) is 12.1. The third-order valence-electron chi connectivity index (χ3n) is 6.65. The summed E-state index contributed by atoms with van der Waals surface area (Å²) in [6.07, 6.45) is 0.657. The number of nitrogens with zero attached hydrogens (tertiary/aromatic N) is 1. The summed E-state index contributed by atoms with van der Waals surface area (Å²) in [4.78, 5) is 13.2. The van der Waals surface area contributed by atoms with Crippen LogP contribution in [0.4, 0.5) is 11.4 Å². The highest BCUT2D eigenvalue weighted by molar-refractivity contribution is 5.86. The minimum atomic E-state index is -0.774. The van der Waals surface area contributed by atoms with E-state index in [2.05, 4.69) is 77.8 Å². The van der Waals surface area contributed by atoms with Crippen LogP contribution in [0, 0.1) is 0 Å². The lowest BCUT2D eigenvalue weighted by molar-refractivity contribution is -0.136. The maximum absolute atomic E-state index is 10.9. The number of fused-ring (bicyclic) bond motifs is 2. The van der Waals surface area contributed by atoms with Crippen molar-refractivity contribution in [2.24, 2.45) is 0 Å². The molecule has 5 rings (SSSR count). The number of nitrogens with one attached hydrogen (secondary N) is 1. The Morgan fingerprint density at radius 1 is 1.00 bits per heavy atom. The fourth-order valence-corrected chi connectivity index (χ4v) is 4.79. The summed E-state index contributed by atoms with van der Waals surface area (Å²) in [5.74, 6) is 0.0996. The molecular formula is C30H30N2O3. The average molecular weight is 467 g/mol. The van der Waals surface area contributed by atoms with Gasteiger partial charge in [-0.05, 0) is 59.5 Å². The molecule has 0 amide bonds.